The molecule has 1 aliphatic heterocycles. The molecule has 0 spiro atoms. The Labute approximate surface area is 216 Å². The third-order valence-electron chi connectivity index (χ3n) is 6.45. The van der Waals surface area contributed by atoms with E-state index in [1.165, 1.54) is 6.20 Å². The van der Waals surface area contributed by atoms with Crippen molar-refractivity contribution in [2.75, 3.05) is 13.1 Å². The third-order valence-corrected chi connectivity index (χ3v) is 8.57. The number of carbonyl (C=O) groups excluding carboxylic acids is 3. The minimum Gasteiger partial charge on any atom is -0.354 e. The SMILES string of the molecule is CC(C)c1ccc(S(=O)(=O)C(CNC(=O)CCCN2C(=O)c3ccccc3C2=O)c2cccnc2)cc1. The third kappa shape index (κ3) is 5.61. The maximum atomic E-state index is 13.5. The van der Waals surface area contributed by atoms with Crippen LogP contribution in [0, 0.1) is 0 Å². The molecule has 0 radical (unpaired) electrons. The summed E-state index contributed by atoms with van der Waals surface area (Å²) in [5.74, 6) is -0.833. The quantitative estimate of drug-likeness (QED) is 0.406. The van der Waals surface area contributed by atoms with Crippen LogP contribution in [0.2, 0.25) is 0 Å². The average molecular weight is 520 g/mol. The topological polar surface area (TPSA) is 114 Å². The number of nitrogens with one attached hydrogen (secondary N) is 1. The number of benzene rings is 2. The number of pyridine rings is 1. The lowest BCUT2D eigenvalue weighted by Gasteiger charge is -2.19. The molecule has 1 unspecified atom stereocenters. The summed E-state index contributed by atoms with van der Waals surface area (Å²) in [6.45, 7) is 4.04. The van der Waals surface area contributed by atoms with Crippen molar-refractivity contribution < 1.29 is 22.8 Å². The largest absolute Gasteiger partial charge is 0.354 e. The Balaban J connectivity index is 1.40. The lowest BCUT2D eigenvalue weighted by Crippen LogP contribution is -2.34. The summed E-state index contributed by atoms with van der Waals surface area (Å²) in [6.07, 6.45) is 3.34. The van der Waals surface area contributed by atoms with Gasteiger partial charge in [0.1, 0.15) is 5.25 Å². The van der Waals surface area contributed by atoms with Crippen LogP contribution in [0.25, 0.3) is 0 Å². The number of carbonyl (C=O) groups is 3. The van der Waals surface area contributed by atoms with Gasteiger partial charge in [0.05, 0.1) is 16.0 Å². The van der Waals surface area contributed by atoms with Crippen molar-refractivity contribution in [2.24, 2.45) is 0 Å². The second-order valence-electron chi connectivity index (χ2n) is 9.26. The van der Waals surface area contributed by atoms with Crippen LogP contribution in [-0.4, -0.2) is 49.1 Å². The molecule has 0 saturated carbocycles. The number of rotatable bonds is 10. The van der Waals surface area contributed by atoms with Crippen molar-refractivity contribution in [1.29, 1.82) is 0 Å². The maximum absolute atomic E-state index is 13.5. The highest BCUT2D eigenvalue weighted by atomic mass is 32.2. The second kappa shape index (κ2) is 11.0. The zero-order valence-corrected chi connectivity index (χ0v) is 21.6. The van der Waals surface area contributed by atoms with Crippen LogP contribution >= 0.6 is 0 Å². The Bertz CT molecular complexity index is 1370. The first-order chi connectivity index (χ1) is 17.7. The lowest BCUT2D eigenvalue weighted by molar-refractivity contribution is -0.121. The van der Waals surface area contributed by atoms with E-state index in [1.54, 1.807) is 66.9 Å². The number of nitrogens with zero attached hydrogens (tertiary/aromatic N) is 2. The number of hydrogen-bond acceptors (Lipinski definition) is 6. The molecule has 1 atom stereocenters. The van der Waals surface area contributed by atoms with Crippen molar-refractivity contribution in [2.45, 2.75) is 42.8 Å². The van der Waals surface area contributed by atoms with Gasteiger partial charge in [-0.3, -0.25) is 24.3 Å². The smallest absolute Gasteiger partial charge is 0.261 e. The summed E-state index contributed by atoms with van der Waals surface area (Å²) in [7, 11) is -3.82. The normalized spacial score (nSPS) is 14.1. The first-order valence-corrected chi connectivity index (χ1v) is 13.7. The summed E-state index contributed by atoms with van der Waals surface area (Å²) >= 11 is 0. The van der Waals surface area contributed by atoms with Gasteiger partial charge in [0.15, 0.2) is 9.84 Å². The van der Waals surface area contributed by atoms with Gasteiger partial charge < -0.3 is 5.32 Å². The lowest BCUT2D eigenvalue weighted by atomic mass is 10.0. The number of imide groups is 1. The fourth-order valence-corrected chi connectivity index (χ4v) is 5.96. The molecule has 0 saturated heterocycles. The first kappa shape index (κ1) is 26.2. The molecule has 3 aromatic rings. The van der Waals surface area contributed by atoms with Crippen molar-refractivity contribution >= 4 is 27.6 Å². The Morgan fingerprint density at radius 2 is 1.57 bits per heavy atom. The molecule has 0 aliphatic carbocycles. The van der Waals surface area contributed by atoms with E-state index in [0.29, 0.717) is 16.7 Å². The summed E-state index contributed by atoms with van der Waals surface area (Å²) in [6, 6.07) is 16.7. The zero-order valence-electron chi connectivity index (χ0n) is 20.8. The summed E-state index contributed by atoms with van der Waals surface area (Å²) in [5.41, 5.74) is 2.23. The zero-order chi connectivity index (χ0) is 26.6. The van der Waals surface area contributed by atoms with E-state index < -0.39 is 15.1 Å². The Hall–Kier alpha value is -3.85. The molecule has 0 bridgehead atoms. The van der Waals surface area contributed by atoms with Gasteiger partial charge in [0.2, 0.25) is 5.91 Å². The number of fused-ring (bicyclic) bond motifs is 1. The fourth-order valence-electron chi connectivity index (χ4n) is 4.31. The van der Waals surface area contributed by atoms with Gasteiger partial charge in [-0.15, -0.1) is 0 Å². The molecule has 1 aromatic heterocycles. The number of aromatic nitrogens is 1. The number of sulfone groups is 1. The van der Waals surface area contributed by atoms with Crippen LogP contribution in [0.5, 0.6) is 0 Å². The molecule has 1 N–H and O–H groups in total. The Morgan fingerprint density at radius 3 is 2.14 bits per heavy atom. The van der Waals surface area contributed by atoms with E-state index in [2.05, 4.69) is 10.3 Å². The van der Waals surface area contributed by atoms with Gasteiger partial charge in [-0.05, 0) is 53.8 Å². The molecular formula is C28H29N3O5S. The monoisotopic (exact) mass is 519 g/mol. The standard InChI is InChI=1S/C28H29N3O5S/c1-19(2)20-11-13-22(14-12-20)37(35,36)25(21-7-5-15-29-17-21)18-30-26(32)10-6-16-31-27(33)23-8-3-4-9-24(23)28(31)34/h3-5,7-9,11-15,17,19,25H,6,10,16,18H2,1-2H3,(H,30,32). The highest BCUT2D eigenvalue weighted by molar-refractivity contribution is 7.91. The van der Waals surface area contributed by atoms with Crippen LogP contribution in [-0.2, 0) is 14.6 Å². The predicted molar refractivity (Wildman–Crippen MR) is 139 cm³/mol. The van der Waals surface area contributed by atoms with Crippen molar-refractivity contribution in [3.05, 3.63) is 95.3 Å². The van der Waals surface area contributed by atoms with Gasteiger partial charge in [0.25, 0.3) is 11.8 Å². The maximum Gasteiger partial charge on any atom is 0.261 e. The van der Waals surface area contributed by atoms with Crippen molar-refractivity contribution in [1.82, 2.24) is 15.2 Å². The Morgan fingerprint density at radius 1 is 0.919 bits per heavy atom. The molecule has 37 heavy (non-hydrogen) atoms. The van der Waals surface area contributed by atoms with E-state index in [4.69, 9.17) is 0 Å². The fraction of sp³-hybridized carbons (Fsp3) is 0.286. The van der Waals surface area contributed by atoms with Crippen LogP contribution in [0.15, 0.2) is 78.0 Å². The minimum absolute atomic E-state index is 0.0380. The average Bonchev–Trinajstić information content (AvgIpc) is 3.14. The highest BCUT2D eigenvalue weighted by Crippen LogP contribution is 2.29. The van der Waals surface area contributed by atoms with Crippen LogP contribution in [0.1, 0.15) is 69.7 Å². The molecule has 2 aromatic carbocycles. The van der Waals surface area contributed by atoms with Gasteiger partial charge in [-0.2, -0.15) is 0 Å². The molecule has 0 fully saturated rings. The van der Waals surface area contributed by atoms with Gasteiger partial charge in [0, 0.05) is 31.9 Å². The van der Waals surface area contributed by atoms with Gasteiger partial charge in [-0.1, -0.05) is 44.2 Å². The van der Waals surface area contributed by atoms with Crippen LogP contribution < -0.4 is 5.32 Å². The minimum atomic E-state index is -3.82. The van der Waals surface area contributed by atoms with E-state index in [0.717, 1.165) is 10.5 Å². The van der Waals surface area contributed by atoms with Crippen molar-refractivity contribution in [3.8, 4) is 0 Å². The van der Waals surface area contributed by atoms with Gasteiger partial charge >= 0.3 is 0 Å². The molecular weight excluding hydrogens is 490 g/mol. The second-order valence-corrected chi connectivity index (χ2v) is 11.4. The van der Waals surface area contributed by atoms with E-state index >= 15 is 0 Å². The van der Waals surface area contributed by atoms with Gasteiger partial charge in [-0.25, -0.2) is 8.42 Å². The van der Waals surface area contributed by atoms with Crippen LogP contribution in [0.3, 0.4) is 0 Å². The molecule has 1 aliphatic rings. The molecule has 3 amide bonds. The number of amides is 3. The summed E-state index contributed by atoms with van der Waals surface area (Å²) in [4.78, 5) is 43.0. The highest BCUT2D eigenvalue weighted by Gasteiger charge is 2.35. The molecule has 8 nitrogen and oxygen atoms in total. The Kier molecular flexibility index (Phi) is 7.83. The molecule has 192 valence electrons. The predicted octanol–water partition coefficient (Wildman–Crippen LogP) is 3.91. The summed E-state index contributed by atoms with van der Waals surface area (Å²) < 4.78 is 27.1. The first-order valence-electron chi connectivity index (χ1n) is 12.2. The molecule has 9 heteroatoms. The summed E-state index contributed by atoms with van der Waals surface area (Å²) in [5, 5.41) is 1.70. The molecule has 4 rings (SSSR count). The van der Waals surface area contributed by atoms with E-state index in [9.17, 15) is 22.8 Å². The molecule has 2 heterocycles. The number of hydrogen-bond donors (Lipinski definition) is 1. The van der Waals surface area contributed by atoms with Crippen LogP contribution in [0.4, 0.5) is 0 Å². The van der Waals surface area contributed by atoms with E-state index in [-0.39, 0.29) is 54.5 Å². The van der Waals surface area contributed by atoms with E-state index in [1.807, 2.05) is 13.8 Å². The van der Waals surface area contributed by atoms with Crippen molar-refractivity contribution in [3.63, 3.8) is 0 Å².